The maximum absolute atomic E-state index is 9.04. The molecule has 3 rings (SSSR count). The van der Waals surface area contributed by atoms with E-state index in [1.807, 2.05) is 0 Å². The Labute approximate surface area is 105 Å². The zero-order chi connectivity index (χ0) is 12.9. The van der Waals surface area contributed by atoms with Crippen LogP contribution in [0.3, 0.4) is 0 Å². The third-order valence-corrected chi connectivity index (χ3v) is 3.37. The zero-order valence-corrected chi connectivity index (χ0v) is 10.4. The molecule has 0 bridgehead atoms. The first-order valence-electron chi connectivity index (χ1n) is 5.96. The molecule has 6 heteroatoms. The van der Waals surface area contributed by atoms with Crippen molar-refractivity contribution in [3.05, 3.63) is 17.3 Å². The Morgan fingerprint density at radius 2 is 2.28 bits per heavy atom. The Morgan fingerprint density at radius 3 is 2.94 bits per heavy atom. The number of aromatic nitrogens is 3. The molecule has 2 aromatic heterocycles. The molecule has 0 spiro atoms. The van der Waals surface area contributed by atoms with E-state index in [2.05, 4.69) is 34.9 Å². The minimum atomic E-state index is 0.367. The number of anilines is 2. The molecule has 0 saturated carbocycles. The van der Waals surface area contributed by atoms with Gasteiger partial charge in [0.2, 0.25) is 0 Å². The minimum Gasteiger partial charge on any atom is -0.383 e. The van der Waals surface area contributed by atoms with Crippen molar-refractivity contribution >= 4 is 17.3 Å². The fourth-order valence-corrected chi connectivity index (χ4v) is 2.48. The second-order valence-corrected chi connectivity index (χ2v) is 4.74. The van der Waals surface area contributed by atoms with Crippen LogP contribution in [0.4, 0.5) is 11.6 Å². The van der Waals surface area contributed by atoms with Gasteiger partial charge in [-0.2, -0.15) is 14.9 Å². The van der Waals surface area contributed by atoms with Crippen LogP contribution < -0.4 is 10.6 Å². The van der Waals surface area contributed by atoms with Gasteiger partial charge in [-0.15, -0.1) is 0 Å². The number of nitriles is 1. The lowest BCUT2D eigenvalue weighted by molar-refractivity contribution is 0.691. The van der Waals surface area contributed by atoms with Crippen LogP contribution in [-0.2, 0) is 6.42 Å². The largest absolute Gasteiger partial charge is 0.383 e. The monoisotopic (exact) mass is 242 g/mol. The maximum Gasteiger partial charge on any atom is 0.177 e. The summed E-state index contributed by atoms with van der Waals surface area (Å²) in [7, 11) is 0. The molecule has 1 aliphatic rings. The molecule has 0 fully saturated rings. The summed E-state index contributed by atoms with van der Waals surface area (Å²) in [6.07, 6.45) is 2.42. The van der Waals surface area contributed by atoms with Gasteiger partial charge in [-0.05, 0) is 20.3 Å². The number of hydrogen-bond acceptors (Lipinski definition) is 5. The maximum atomic E-state index is 9.04. The van der Waals surface area contributed by atoms with Crippen LogP contribution >= 0.6 is 0 Å². The van der Waals surface area contributed by atoms with Gasteiger partial charge in [-0.25, -0.2) is 4.98 Å². The predicted molar refractivity (Wildman–Crippen MR) is 68.3 cm³/mol. The summed E-state index contributed by atoms with van der Waals surface area (Å²) in [4.78, 5) is 6.55. The van der Waals surface area contributed by atoms with Gasteiger partial charge in [0, 0.05) is 18.2 Å². The molecule has 1 aliphatic heterocycles. The molecular weight excluding hydrogens is 228 g/mol. The summed E-state index contributed by atoms with van der Waals surface area (Å²) in [6, 6.07) is 2.46. The Balaban J connectivity index is 2.35. The molecule has 3 heterocycles. The Bertz CT molecular complexity index is 663. The van der Waals surface area contributed by atoms with Crippen LogP contribution in [0, 0.1) is 11.3 Å². The first-order chi connectivity index (χ1) is 8.63. The molecule has 18 heavy (non-hydrogen) atoms. The topological polar surface area (TPSA) is 83.2 Å². The van der Waals surface area contributed by atoms with Gasteiger partial charge in [-0.3, -0.25) is 0 Å². The Kier molecular flexibility index (Phi) is 2.17. The number of nitrogens with zero attached hydrogens (tertiary/aromatic N) is 5. The van der Waals surface area contributed by atoms with Gasteiger partial charge in [0.05, 0.1) is 6.20 Å². The van der Waals surface area contributed by atoms with Crippen LogP contribution in [0.25, 0.3) is 5.65 Å². The van der Waals surface area contributed by atoms with Gasteiger partial charge in [0.1, 0.15) is 23.3 Å². The zero-order valence-electron chi connectivity index (χ0n) is 10.4. The van der Waals surface area contributed by atoms with Crippen molar-refractivity contribution in [1.82, 2.24) is 14.6 Å². The SMILES string of the molecule is CC(C)N1CCc2c(N)nc3c(C#N)cnn3c21. The van der Waals surface area contributed by atoms with Crippen LogP contribution in [0.5, 0.6) is 0 Å². The molecule has 2 aromatic rings. The van der Waals surface area contributed by atoms with Crippen molar-refractivity contribution < 1.29 is 0 Å². The third-order valence-electron chi connectivity index (χ3n) is 3.37. The normalized spacial score (nSPS) is 14.2. The predicted octanol–water partition coefficient (Wildman–Crippen LogP) is 0.954. The number of rotatable bonds is 1. The van der Waals surface area contributed by atoms with E-state index in [-0.39, 0.29) is 0 Å². The molecular formula is C12H14N6. The number of nitrogens with two attached hydrogens (primary N) is 1. The molecule has 92 valence electrons. The molecule has 0 aromatic carbocycles. The minimum absolute atomic E-state index is 0.367. The van der Waals surface area contributed by atoms with E-state index in [0.717, 1.165) is 24.3 Å². The first kappa shape index (κ1) is 10.8. The molecule has 0 aliphatic carbocycles. The average molecular weight is 242 g/mol. The Hall–Kier alpha value is -2.29. The van der Waals surface area contributed by atoms with Gasteiger partial charge < -0.3 is 10.6 Å². The fourth-order valence-electron chi connectivity index (χ4n) is 2.48. The highest BCUT2D eigenvalue weighted by Crippen LogP contribution is 2.33. The summed E-state index contributed by atoms with van der Waals surface area (Å²) < 4.78 is 1.73. The summed E-state index contributed by atoms with van der Waals surface area (Å²) in [6.45, 7) is 5.18. The Morgan fingerprint density at radius 1 is 1.50 bits per heavy atom. The second kappa shape index (κ2) is 3.60. The fraction of sp³-hybridized carbons (Fsp3) is 0.417. The molecule has 6 nitrogen and oxygen atoms in total. The number of nitrogen functional groups attached to an aromatic ring is 1. The van der Waals surface area contributed by atoms with E-state index in [1.165, 1.54) is 0 Å². The van der Waals surface area contributed by atoms with E-state index < -0.39 is 0 Å². The van der Waals surface area contributed by atoms with Gasteiger partial charge in [0.15, 0.2) is 5.65 Å². The molecule has 0 unspecified atom stereocenters. The third kappa shape index (κ3) is 1.27. The summed E-state index contributed by atoms with van der Waals surface area (Å²) in [5.74, 6) is 1.49. The first-order valence-corrected chi connectivity index (χ1v) is 5.96. The lowest BCUT2D eigenvalue weighted by Crippen LogP contribution is -2.30. The molecule has 0 amide bonds. The summed E-state index contributed by atoms with van der Waals surface area (Å²) in [5.41, 5.74) is 8.03. The second-order valence-electron chi connectivity index (χ2n) is 4.74. The highest BCUT2D eigenvalue weighted by atomic mass is 15.4. The van der Waals surface area contributed by atoms with E-state index in [1.54, 1.807) is 10.7 Å². The van der Waals surface area contributed by atoms with Gasteiger partial charge >= 0.3 is 0 Å². The van der Waals surface area contributed by atoms with E-state index in [0.29, 0.717) is 23.1 Å². The highest BCUT2D eigenvalue weighted by molar-refractivity contribution is 5.70. The van der Waals surface area contributed by atoms with Crippen molar-refractivity contribution in [3.8, 4) is 6.07 Å². The van der Waals surface area contributed by atoms with E-state index >= 15 is 0 Å². The van der Waals surface area contributed by atoms with Crippen LogP contribution in [0.15, 0.2) is 6.20 Å². The lowest BCUT2D eigenvalue weighted by Gasteiger charge is -2.24. The van der Waals surface area contributed by atoms with Gasteiger partial charge in [0.25, 0.3) is 0 Å². The van der Waals surface area contributed by atoms with E-state index in [9.17, 15) is 0 Å². The molecule has 0 saturated heterocycles. The lowest BCUT2D eigenvalue weighted by atomic mass is 10.2. The molecule has 2 N–H and O–H groups in total. The quantitative estimate of drug-likeness (QED) is 0.805. The van der Waals surface area contributed by atoms with Crippen molar-refractivity contribution in [2.45, 2.75) is 26.3 Å². The van der Waals surface area contributed by atoms with Crippen molar-refractivity contribution in [3.63, 3.8) is 0 Å². The smallest absolute Gasteiger partial charge is 0.177 e. The summed E-state index contributed by atoms with van der Waals surface area (Å²) in [5, 5.41) is 13.3. The van der Waals surface area contributed by atoms with Crippen molar-refractivity contribution in [2.75, 3.05) is 17.2 Å². The van der Waals surface area contributed by atoms with Crippen molar-refractivity contribution in [2.24, 2.45) is 0 Å². The molecule has 0 atom stereocenters. The van der Waals surface area contributed by atoms with Crippen LogP contribution in [0.2, 0.25) is 0 Å². The number of hydrogen-bond donors (Lipinski definition) is 1. The van der Waals surface area contributed by atoms with Gasteiger partial charge in [-0.1, -0.05) is 0 Å². The summed E-state index contributed by atoms with van der Waals surface area (Å²) >= 11 is 0. The average Bonchev–Trinajstić information content (AvgIpc) is 2.91. The van der Waals surface area contributed by atoms with Crippen LogP contribution in [0.1, 0.15) is 25.0 Å². The highest BCUT2D eigenvalue weighted by Gasteiger charge is 2.28. The van der Waals surface area contributed by atoms with Crippen molar-refractivity contribution in [1.29, 1.82) is 5.26 Å². The number of fused-ring (bicyclic) bond motifs is 3. The molecule has 0 radical (unpaired) electrons. The van der Waals surface area contributed by atoms with Crippen LogP contribution in [-0.4, -0.2) is 27.2 Å². The standard InChI is InChI=1S/C12H14N6/c1-7(2)17-4-3-9-10(14)16-11-8(5-13)6-15-18(11)12(9)17/h6-7H,3-4H2,1-2H3,(H2,14,16). The van der Waals surface area contributed by atoms with E-state index in [4.69, 9.17) is 11.0 Å².